The molecule has 1 aromatic carbocycles. The molecule has 0 aliphatic carbocycles. The van der Waals surface area contributed by atoms with Crippen LogP contribution in [0.5, 0.6) is 0 Å². The van der Waals surface area contributed by atoms with E-state index >= 15 is 0 Å². The van der Waals surface area contributed by atoms with Crippen LogP contribution in [0.25, 0.3) is 0 Å². The summed E-state index contributed by atoms with van der Waals surface area (Å²) < 4.78 is 13.1. The second kappa shape index (κ2) is 6.14. The van der Waals surface area contributed by atoms with Gasteiger partial charge in [-0.05, 0) is 17.7 Å². The molecule has 1 aromatic heterocycles. The summed E-state index contributed by atoms with van der Waals surface area (Å²) in [6, 6.07) is 6.39. The van der Waals surface area contributed by atoms with Gasteiger partial charge in [0.25, 0.3) is 0 Å². The van der Waals surface area contributed by atoms with Crippen LogP contribution in [-0.2, 0) is 6.54 Å². The average Bonchev–Trinajstić information content (AvgIpc) is 2.45. The Balaban J connectivity index is 2.14. The zero-order valence-electron chi connectivity index (χ0n) is 11.7. The number of benzene rings is 1. The largest absolute Gasteiger partial charge is 0.357 e. The zero-order chi connectivity index (χ0) is 14.5. The van der Waals surface area contributed by atoms with Gasteiger partial charge in [0.2, 0.25) is 17.8 Å². The number of aromatic nitrogens is 3. The number of nitrogens with zero attached hydrogens (tertiary/aromatic N) is 4. The molecule has 0 amide bonds. The highest BCUT2D eigenvalue weighted by molar-refractivity contribution is 5.42. The second-order valence-corrected chi connectivity index (χ2v) is 4.41. The van der Waals surface area contributed by atoms with E-state index in [4.69, 9.17) is 0 Å². The number of nitrogens with one attached hydrogen (secondary N) is 2. The van der Waals surface area contributed by atoms with Crippen LogP contribution in [-0.4, -0.2) is 36.1 Å². The highest BCUT2D eigenvalue weighted by atomic mass is 19.1. The van der Waals surface area contributed by atoms with Gasteiger partial charge in [0.15, 0.2) is 0 Å². The summed E-state index contributed by atoms with van der Waals surface area (Å²) in [5, 5.41) is 5.94. The van der Waals surface area contributed by atoms with E-state index in [0.717, 1.165) is 5.56 Å². The van der Waals surface area contributed by atoms with Crippen LogP contribution < -0.4 is 15.5 Å². The van der Waals surface area contributed by atoms with Gasteiger partial charge in [-0.3, -0.25) is 0 Å². The molecule has 0 atom stereocenters. The molecule has 2 N–H and O–H groups in total. The maximum atomic E-state index is 13.1. The number of halogens is 1. The van der Waals surface area contributed by atoms with Crippen molar-refractivity contribution in [2.24, 2.45) is 0 Å². The minimum Gasteiger partial charge on any atom is -0.357 e. The molecule has 0 saturated carbocycles. The van der Waals surface area contributed by atoms with E-state index in [1.54, 1.807) is 18.0 Å². The molecule has 0 spiro atoms. The SMILES string of the molecule is CNc1nc(NCc2cccc(F)c2)nc(N(C)C)n1. The summed E-state index contributed by atoms with van der Waals surface area (Å²) in [6.45, 7) is 0.442. The third-order valence-electron chi connectivity index (χ3n) is 2.59. The Bertz CT molecular complexity index is 587. The summed E-state index contributed by atoms with van der Waals surface area (Å²) in [5.41, 5.74) is 0.822. The van der Waals surface area contributed by atoms with Crippen molar-refractivity contribution in [3.63, 3.8) is 0 Å². The lowest BCUT2D eigenvalue weighted by Crippen LogP contribution is -2.16. The number of anilines is 3. The maximum Gasteiger partial charge on any atom is 0.231 e. The van der Waals surface area contributed by atoms with E-state index in [0.29, 0.717) is 24.4 Å². The minimum atomic E-state index is -0.259. The first-order chi connectivity index (χ1) is 9.58. The van der Waals surface area contributed by atoms with Crippen molar-refractivity contribution in [1.82, 2.24) is 15.0 Å². The summed E-state index contributed by atoms with van der Waals surface area (Å²) in [6.07, 6.45) is 0. The minimum absolute atomic E-state index is 0.259. The van der Waals surface area contributed by atoms with Crippen molar-refractivity contribution in [2.45, 2.75) is 6.54 Å². The molecule has 2 rings (SSSR count). The second-order valence-electron chi connectivity index (χ2n) is 4.41. The Hall–Kier alpha value is -2.44. The quantitative estimate of drug-likeness (QED) is 0.867. The smallest absolute Gasteiger partial charge is 0.231 e. The predicted molar refractivity (Wildman–Crippen MR) is 77.4 cm³/mol. The molecule has 0 aliphatic rings. The van der Waals surface area contributed by atoms with Crippen LogP contribution in [0, 0.1) is 5.82 Å². The molecule has 0 bridgehead atoms. The summed E-state index contributed by atoms with van der Waals surface area (Å²) in [7, 11) is 5.45. The summed E-state index contributed by atoms with van der Waals surface area (Å²) in [5.74, 6) is 1.21. The normalized spacial score (nSPS) is 10.2. The van der Waals surface area contributed by atoms with Crippen molar-refractivity contribution in [2.75, 3.05) is 36.7 Å². The molecule has 0 radical (unpaired) electrons. The number of hydrogen-bond donors (Lipinski definition) is 2. The van der Waals surface area contributed by atoms with E-state index in [1.165, 1.54) is 12.1 Å². The summed E-state index contributed by atoms with van der Waals surface area (Å²) in [4.78, 5) is 14.5. The van der Waals surface area contributed by atoms with Gasteiger partial charge in [-0.15, -0.1) is 0 Å². The van der Waals surface area contributed by atoms with Gasteiger partial charge in [0.05, 0.1) is 0 Å². The first-order valence-corrected chi connectivity index (χ1v) is 6.18. The van der Waals surface area contributed by atoms with Crippen molar-refractivity contribution in [1.29, 1.82) is 0 Å². The van der Waals surface area contributed by atoms with Crippen molar-refractivity contribution in [3.8, 4) is 0 Å². The molecule has 2 aromatic rings. The summed E-state index contributed by atoms with van der Waals surface area (Å²) >= 11 is 0. The molecule has 0 unspecified atom stereocenters. The van der Waals surface area contributed by atoms with Gasteiger partial charge in [0.1, 0.15) is 5.82 Å². The van der Waals surface area contributed by atoms with Crippen LogP contribution >= 0.6 is 0 Å². The van der Waals surface area contributed by atoms with Gasteiger partial charge < -0.3 is 15.5 Å². The molecule has 7 heteroatoms. The van der Waals surface area contributed by atoms with Crippen molar-refractivity contribution in [3.05, 3.63) is 35.6 Å². The fourth-order valence-corrected chi connectivity index (χ4v) is 1.58. The van der Waals surface area contributed by atoms with Crippen LogP contribution in [0.3, 0.4) is 0 Å². The molecule has 0 aliphatic heterocycles. The molecular weight excluding hydrogens is 259 g/mol. The van der Waals surface area contributed by atoms with Crippen molar-refractivity contribution >= 4 is 17.8 Å². The Kier molecular flexibility index (Phi) is 4.29. The number of rotatable bonds is 5. The average molecular weight is 276 g/mol. The highest BCUT2D eigenvalue weighted by Gasteiger charge is 2.07. The standard InChI is InChI=1S/C13H17FN6/c1-15-11-17-12(19-13(18-11)20(2)3)16-8-9-5-4-6-10(14)7-9/h4-7H,8H2,1-3H3,(H2,15,16,17,18,19). The van der Waals surface area contributed by atoms with E-state index in [2.05, 4.69) is 25.6 Å². The molecule has 1 heterocycles. The molecular formula is C13H17FN6. The Labute approximate surface area is 117 Å². The Morgan fingerprint density at radius 2 is 1.90 bits per heavy atom. The fourth-order valence-electron chi connectivity index (χ4n) is 1.58. The van der Waals surface area contributed by atoms with Gasteiger partial charge in [-0.2, -0.15) is 15.0 Å². The Morgan fingerprint density at radius 3 is 2.55 bits per heavy atom. The van der Waals surface area contributed by atoms with Gasteiger partial charge in [-0.1, -0.05) is 12.1 Å². The first-order valence-electron chi connectivity index (χ1n) is 6.18. The van der Waals surface area contributed by atoms with E-state index in [-0.39, 0.29) is 5.82 Å². The topological polar surface area (TPSA) is 66.0 Å². The van der Waals surface area contributed by atoms with E-state index < -0.39 is 0 Å². The zero-order valence-corrected chi connectivity index (χ0v) is 11.7. The van der Waals surface area contributed by atoms with Gasteiger partial charge in [0, 0.05) is 27.7 Å². The lowest BCUT2D eigenvalue weighted by atomic mass is 10.2. The molecule has 6 nitrogen and oxygen atoms in total. The van der Waals surface area contributed by atoms with E-state index in [1.807, 2.05) is 20.2 Å². The molecule has 106 valence electrons. The van der Waals surface area contributed by atoms with Crippen LogP contribution in [0.4, 0.5) is 22.2 Å². The van der Waals surface area contributed by atoms with Crippen LogP contribution in [0.15, 0.2) is 24.3 Å². The third kappa shape index (κ3) is 3.53. The first kappa shape index (κ1) is 14.0. The lowest BCUT2D eigenvalue weighted by molar-refractivity contribution is 0.626. The molecule has 0 fully saturated rings. The highest BCUT2D eigenvalue weighted by Crippen LogP contribution is 2.12. The monoisotopic (exact) mass is 276 g/mol. The molecule has 20 heavy (non-hydrogen) atoms. The van der Waals surface area contributed by atoms with Gasteiger partial charge in [-0.25, -0.2) is 4.39 Å². The molecule has 0 saturated heterocycles. The van der Waals surface area contributed by atoms with E-state index in [9.17, 15) is 4.39 Å². The Morgan fingerprint density at radius 1 is 1.15 bits per heavy atom. The number of hydrogen-bond acceptors (Lipinski definition) is 6. The van der Waals surface area contributed by atoms with Gasteiger partial charge >= 0.3 is 0 Å². The third-order valence-corrected chi connectivity index (χ3v) is 2.59. The maximum absolute atomic E-state index is 13.1. The lowest BCUT2D eigenvalue weighted by Gasteiger charge is -2.13. The fraction of sp³-hybridized carbons (Fsp3) is 0.308. The predicted octanol–water partition coefficient (Wildman–Crippen LogP) is 1.73. The van der Waals surface area contributed by atoms with Crippen LogP contribution in [0.2, 0.25) is 0 Å². The van der Waals surface area contributed by atoms with Crippen molar-refractivity contribution < 1.29 is 4.39 Å². The van der Waals surface area contributed by atoms with Crippen LogP contribution in [0.1, 0.15) is 5.56 Å².